The molecule has 2 saturated heterocycles. The quantitative estimate of drug-likeness (QED) is 0.0298. The molecule has 0 saturated carbocycles. The van der Waals surface area contributed by atoms with Gasteiger partial charge in [-0.3, -0.25) is 24.0 Å². The molecular weight excluding hydrogens is 834 g/mol. The highest BCUT2D eigenvalue weighted by Gasteiger charge is 2.46. The summed E-state index contributed by atoms with van der Waals surface area (Å²) in [5, 5.41) is 83.4. The summed E-state index contributed by atoms with van der Waals surface area (Å²) in [5.74, 6) is -1.58. The predicted molar refractivity (Wildman–Crippen MR) is 223 cm³/mol. The van der Waals surface area contributed by atoms with Gasteiger partial charge >= 0.3 is 0 Å². The Morgan fingerprint density at radius 3 is 1.54 bits per heavy atom. The summed E-state index contributed by atoms with van der Waals surface area (Å²) in [4.78, 5) is 61.7. The normalized spacial score (nSPS) is 26.9. The number of aliphatic hydroxyl groups is 7. The van der Waals surface area contributed by atoms with E-state index in [-0.39, 0.29) is 62.7 Å². The molecule has 0 aromatic heterocycles. The standard InChI is InChI=1S/C41H75N5O17/c1-25(50)44-34-38(57)36(55)29(22-48)62-40(34)60-18-10-6-14-31(52)42-16-9-5-13-28(20-33(54)43-17-8-4-12-27(21-47)24-59-3)46-32(53)15-7-11-19-61-41-35(45-26(2)51)39(58)37(56)30(23-49)63-41/h27-30,34-41,47-49,55-58H,4-24H2,1-3H3,(H,42,52)(H,43,54)(H,44,50)(H,45,51)(H,46,53)/t27?,28-,29?,30?,34?,35?,36+,37+,38+,39+,40+,41+/m0/s1. The molecule has 0 radical (unpaired) electrons. The van der Waals surface area contributed by atoms with Gasteiger partial charge < -0.3 is 86.0 Å². The second-order valence-corrected chi connectivity index (χ2v) is 16.2. The van der Waals surface area contributed by atoms with Crippen molar-refractivity contribution in [2.24, 2.45) is 5.92 Å². The number of rotatable bonds is 32. The molecule has 5 unspecified atom stereocenters. The zero-order chi connectivity index (χ0) is 46.7. The highest BCUT2D eigenvalue weighted by molar-refractivity contribution is 5.79. The molecule has 2 aliphatic heterocycles. The van der Waals surface area contributed by atoms with Crippen LogP contribution in [0.4, 0.5) is 0 Å². The van der Waals surface area contributed by atoms with E-state index in [1.165, 1.54) is 13.8 Å². The maximum absolute atomic E-state index is 13.0. The highest BCUT2D eigenvalue weighted by atomic mass is 16.7. The van der Waals surface area contributed by atoms with Crippen LogP contribution in [0, 0.1) is 5.92 Å². The molecule has 0 spiro atoms. The topological polar surface area (TPSA) is 333 Å². The van der Waals surface area contributed by atoms with Gasteiger partial charge in [-0.25, -0.2) is 0 Å². The van der Waals surface area contributed by atoms with Gasteiger partial charge in [-0.05, 0) is 57.8 Å². The Labute approximate surface area is 369 Å². The van der Waals surface area contributed by atoms with Crippen molar-refractivity contribution < 1.29 is 83.4 Å². The zero-order valence-corrected chi connectivity index (χ0v) is 37.0. The van der Waals surface area contributed by atoms with Gasteiger partial charge in [0.05, 0.1) is 19.8 Å². The van der Waals surface area contributed by atoms with Crippen molar-refractivity contribution in [3.8, 4) is 0 Å². The number of aliphatic hydroxyl groups excluding tert-OH is 7. The maximum Gasteiger partial charge on any atom is 0.222 e. The first kappa shape index (κ1) is 56.0. The van der Waals surface area contributed by atoms with Gasteiger partial charge in [0.1, 0.15) is 48.7 Å². The van der Waals surface area contributed by atoms with Crippen LogP contribution in [0.5, 0.6) is 0 Å². The maximum atomic E-state index is 13.0. The molecule has 2 heterocycles. The van der Waals surface area contributed by atoms with Gasteiger partial charge in [-0.15, -0.1) is 0 Å². The number of ether oxygens (including phenoxy) is 5. The third-order valence-electron chi connectivity index (χ3n) is 10.8. The molecule has 12 atom stereocenters. The molecule has 0 aromatic carbocycles. The second-order valence-electron chi connectivity index (χ2n) is 16.2. The number of carbonyl (C=O) groups excluding carboxylic acids is 5. The minimum absolute atomic E-state index is 0.0238. The van der Waals surface area contributed by atoms with Crippen LogP contribution in [0.1, 0.15) is 97.3 Å². The van der Waals surface area contributed by atoms with Crippen molar-refractivity contribution in [1.82, 2.24) is 26.6 Å². The molecule has 366 valence electrons. The number of hydrogen-bond donors (Lipinski definition) is 12. The molecule has 22 nitrogen and oxygen atoms in total. The number of amides is 5. The molecule has 0 bridgehead atoms. The molecule has 2 rings (SSSR count). The van der Waals surface area contributed by atoms with Crippen LogP contribution in [-0.2, 0) is 47.7 Å². The van der Waals surface area contributed by atoms with E-state index in [9.17, 15) is 59.7 Å². The Balaban J connectivity index is 1.79. The molecule has 2 fully saturated rings. The average molecular weight is 910 g/mol. The highest BCUT2D eigenvalue weighted by Crippen LogP contribution is 2.24. The van der Waals surface area contributed by atoms with Gasteiger partial charge in [0.15, 0.2) is 12.6 Å². The van der Waals surface area contributed by atoms with E-state index >= 15 is 0 Å². The summed E-state index contributed by atoms with van der Waals surface area (Å²) in [6.07, 6.45) is -4.17. The molecule has 0 aromatic rings. The summed E-state index contributed by atoms with van der Waals surface area (Å²) in [6, 6.07) is -2.60. The Morgan fingerprint density at radius 2 is 1.08 bits per heavy atom. The van der Waals surface area contributed by atoms with Crippen LogP contribution in [0.25, 0.3) is 0 Å². The summed E-state index contributed by atoms with van der Waals surface area (Å²) in [7, 11) is 1.58. The number of nitrogens with one attached hydrogen (secondary N) is 5. The first-order valence-electron chi connectivity index (χ1n) is 22.1. The lowest BCUT2D eigenvalue weighted by Crippen LogP contribution is -2.64. The molecule has 0 aliphatic carbocycles. The van der Waals surface area contributed by atoms with Gasteiger partial charge in [0, 0.05) is 85.1 Å². The summed E-state index contributed by atoms with van der Waals surface area (Å²) in [5.41, 5.74) is 0. The fraction of sp³-hybridized carbons (Fsp3) is 0.878. The van der Waals surface area contributed by atoms with Gasteiger partial charge in [-0.2, -0.15) is 0 Å². The smallest absolute Gasteiger partial charge is 0.222 e. The first-order chi connectivity index (χ1) is 30.1. The average Bonchev–Trinajstić information content (AvgIpc) is 3.24. The Morgan fingerprint density at radius 1 is 0.603 bits per heavy atom. The van der Waals surface area contributed by atoms with E-state index in [4.69, 9.17) is 23.7 Å². The van der Waals surface area contributed by atoms with E-state index < -0.39 is 92.4 Å². The zero-order valence-electron chi connectivity index (χ0n) is 37.0. The Kier molecular flexibility index (Phi) is 28.2. The van der Waals surface area contributed by atoms with Crippen molar-refractivity contribution in [1.29, 1.82) is 0 Å². The monoisotopic (exact) mass is 910 g/mol. The van der Waals surface area contributed by atoms with Crippen LogP contribution < -0.4 is 26.6 Å². The lowest BCUT2D eigenvalue weighted by atomic mass is 9.97. The van der Waals surface area contributed by atoms with Crippen molar-refractivity contribution in [3.63, 3.8) is 0 Å². The van der Waals surface area contributed by atoms with E-state index in [2.05, 4.69) is 26.6 Å². The fourth-order valence-corrected chi connectivity index (χ4v) is 7.30. The molecule has 12 N–H and O–H groups in total. The van der Waals surface area contributed by atoms with Crippen molar-refractivity contribution in [3.05, 3.63) is 0 Å². The van der Waals surface area contributed by atoms with Crippen molar-refractivity contribution in [2.45, 2.75) is 165 Å². The Hall–Kier alpha value is -3.13. The molecule has 22 heteroatoms. The molecule has 2 aliphatic rings. The van der Waals surface area contributed by atoms with Gasteiger partial charge in [0.2, 0.25) is 29.5 Å². The minimum Gasteiger partial charge on any atom is -0.396 e. The number of hydrogen-bond acceptors (Lipinski definition) is 17. The van der Waals surface area contributed by atoms with E-state index in [0.29, 0.717) is 71.1 Å². The van der Waals surface area contributed by atoms with Crippen LogP contribution in [0.15, 0.2) is 0 Å². The number of unbranched alkanes of at least 4 members (excludes halogenated alkanes) is 4. The van der Waals surface area contributed by atoms with Crippen LogP contribution in [0.2, 0.25) is 0 Å². The van der Waals surface area contributed by atoms with E-state index in [0.717, 1.165) is 12.8 Å². The summed E-state index contributed by atoms with van der Waals surface area (Å²) >= 11 is 0. The van der Waals surface area contributed by atoms with Crippen LogP contribution in [0.3, 0.4) is 0 Å². The van der Waals surface area contributed by atoms with Crippen LogP contribution in [-0.4, -0.2) is 192 Å². The summed E-state index contributed by atoms with van der Waals surface area (Å²) in [6.45, 7) is 2.86. The van der Waals surface area contributed by atoms with Crippen molar-refractivity contribution >= 4 is 29.5 Å². The fourth-order valence-electron chi connectivity index (χ4n) is 7.30. The van der Waals surface area contributed by atoms with E-state index in [1.54, 1.807) is 7.11 Å². The second kappa shape index (κ2) is 31.7. The molecule has 5 amide bonds. The van der Waals surface area contributed by atoms with E-state index in [1.807, 2.05) is 0 Å². The SMILES string of the molecule is COCC(CO)CCCCNC(=O)C[C@H](CCCCNC(=O)CCCCO[C@@H]1OC(CO)[C@@H](O)[C@H](O)C1NC(C)=O)NC(=O)CCCCO[C@@H]1OC(CO)[C@@H](O)[C@H](O)C1NC(C)=O. The Bertz CT molecular complexity index is 1340. The lowest BCUT2D eigenvalue weighted by molar-refractivity contribution is -0.270. The largest absolute Gasteiger partial charge is 0.396 e. The minimum atomic E-state index is -1.44. The van der Waals surface area contributed by atoms with Gasteiger partial charge in [0.25, 0.3) is 0 Å². The summed E-state index contributed by atoms with van der Waals surface area (Å²) < 4.78 is 27.6. The number of carbonyl (C=O) groups is 5. The molecular formula is C41H75N5O17. The predicted octanol–water partition coefficient (Wildman–Crippen LogP) is -3.05. The number of methoxy groups -OCH3 is 1. The van der Waals surface area contributed by atoms with Gasteiger partial charge in [-0.1, -0.05) is 6.42 Å². The third-order valence-corrected chi connectivity index (χ3v) is 10.8. The van der Waals surface area contributed by atoms with Crippen LogP contribution >= 0.6 is 0 Å². The molecule has 63 heavy (non-hydrogen) atoms. The van der Waals surface area contributed by atoms with Crippen molar-refractivity contribution in [2.75, 3.05) is 59.8 Å². The first-order valence-corrected chi connectivity index (χ1v) is 22.1. The third kappa shape index (κ3) is 21.6. The lowest BCUT2D eigenvalue weighted by Gasteiger charge is -2.42.